The van der Waals surface area contributed by atoms with Crippen molar-refractivity contribution in [3.63, 3.8) is 0 Å². The standard InChI is InChI=1S/C19H23N3O2/c1-2-15-13-21(11-12-24-15)19(23)18-16-9-6-10-17(16)22(20-18)14-7-4-3-5-8-14/h3-5,7-8,15H,2,6,9-13H2,1H3/t15-/m1/s1. The van der Waals surface area contributed by atoms with Gasteiger partial charge in [-0.1, -0.05) is 25.1 Å². The molecule has 1 aliphatic heterocycles. The van der Waals surface area contributed by atoms with E-state index in [0.29, 0.717) is 25.4 Å². The Morgan fingerprint density at radius 1 is 1.29 bits per heavy atom. The molecule has 2 heterocycles. The Labute approximate surface area is 142 Å². The first kappa shape index (κ1) is 15.4. The summed E-state index contributed by atoms with van der Waals surface area (Å²) in [6, 6.07) is 10.1. The molecule has 0 spiro atoms. The Bertz CT molecular complexity index is 739. The van der Waals surface area contributed by atoms with E-state index in [-0.39, 0.29) is 12.0 Å². The zero-order valence-corrected chi connectivity index (χ0v) is 14.1. The van der Waals surface area contributed by atoms with Crippen LogP contribution in [0.2, 0.25) is 0 Å². The number of benzene rings is 1. The summed E-state index contributed by atoms with van der Waals surface area (Å²) >= 11 is 0. The van der Waals surface area contributed by atoms with Crippen molar-refractivity contribution in [3.8, 4) is 5.69 Å². The van der Waals surface area contributed by atoms with E-state index in [9.17, 15) is 4.79 Å². The van der Waals surface area contributed by atoms with Gasteiger partial charge in [0.2, 0.25) is 0 Å². The van der Waals surface area contributed by atoms with Crippen molar-refractivity contribution in [1.82, 2.24) is 14.7 Å². The van der Waals surface area contributed by atoms with Crippen LogP contribution in [0.1, 0.15) is 41.5 Å². The summed E-state index contributed by atoms with van der Waals surface area (Å²) in [7, 11) is 0. The maximum absolute atomic E-state index is 13.1. The van der Waals surface area contributed by atoms with Crippen LogP contribution in [0.25, 0.3) is 5.69 Å². The lowest BCUT2D eigenvalue weighted by Crippen LogP contribution is -2.45. The summed E-state index contributed by atoms with van der Waals surface area (Å²) in [4.78, 5) is 15.0. The molecular formula is C19H23N3O2. The minimum absolute atomic E-state index is 0.0598. The van der Waals surface area contributed by atoms with Crippen LogP contribution in [0.15, 0.2) is 30.3 Å². The normalized spacial score (nSPS) is 20.2. The van der Waals surface area contributed by atoms with Crippen LogP contribution in [-0.2, 0) is 17.6 Å². The van der Waals surface area contributed by atoms with Crippen molar-refractivity contribution in [2.24, 2.45) is 0 Å². The monoisotopic (exact) mass is 325 g/mol. The van der Waals surface area contributed by atoms with Crippen molar-refractivity contribution in [2.45, 2.75) is 38.7 Å². The molecule has 0 radical (unpaired) electrons. The van der Waals surface area contributed by atoms with Crippen LogP contribution in [0.5, 0.6) is 0 Å². The molecular weight excluding hydrogens is 302 g/mol. The quantitative estimate of drug-likeness (QED) is 0.871. The first-order valence-electron chi connectivity index (χ1n) is 8.85. The lowest BCUT2D eigenvalue weighted by atomic mass is 10.1. The number of carbonyl (C=O) groups is 1. The van der Waals surface area contributed by atoms with Crippen LogP contribution >= 0.6 is 0 Å². The van der Waals surface area contributed by atoms with E-state index in [1.807, 2.05) is 39.9 Å². The molecule has 2 aromatic rings. The fourth-order valence-electron chi connectivity index (χ4n) is 3.69. The van der Waals surface area contributed by atoms with Crippen LogP contribution < -0.4 is 0 Å². The molecule has 4 rings (SSSR count). The molecule has 2 aliphatic rings. The van der Waals surface area contributed by atoms with Gasteiger partial charge in [-0.25, -0.2) is 4.68 Å². The Balaban J connectivity index is 1.68. The van der Waals surface area contributed by atoms with Crippen molar-refractivity contribution in [1.29, 1.82) is 0 Å². The first-order valence-corrected chi connectivity index (χ1v) is 8.85. The topological polar surface area (TPSA) is 47.4 Å². The minimum Gasteiger partial charge on any atom is -0.375 e. The largest absolute Gasteiger partial charge is 0.375 e. The predicted octanol–water partition coefficient (Wildman–Crippen LogP) is 2.61. The molecule has 1 atom stereocenters. The first-order chi connectivity index (χ1) is 11.8. The number of ether oxygens (including phenoxy) is 1. The number of nitrogens with zero attached hydrogens (tertiary/aromatic N) is 3. The molecule has 5 nitrogen and oxygen atoms in total. The molecule has 0 saturated carbocycles. The molecule has 1 aliphatic carbocycles. The summed E-state index contributed by atoms with van der Waals surface area (Å²) in [5.74, 6) is 0.0598. The smallest absolute Gasteiger partial charge is 0.274 e. The van der Waals surface area contributed by atoms with E-state index in [0.717, 1.165) is 36.9 Å². The summed E-state index contributed by atoms with van der Waals surface area (Å²) in [6.07, 6.45) is 4.11. The molecule has 1 fully saturated rings. The number of aromatic nitrogens is 2. The van der Waals surface area contributed by atoms with Gasteiger partial charge in [0.05, 0.1) is 18.4 Å². The molecule has 1 saturated heterocycles. The third-order valence-corrected chi connectivity index (χ3v) is 5.01. The highest BCUT2D eigenvalue weighted by atomic mass is 16.5. The number of morpholine rings is 1. The maximum atomic E-state index is 13.1. The fraction of sp³-hybridized carbons (Fsp3) is 0.474. The van der Waals surface area contributed by atoms with E-state index in [1.54, 1.807) is 0 Å². The highest BCUT2D eigenvalue weighted by Gasteiger charge is 2.31. The van der Waals surface area contributed by atoms with Gasteiger partial charge < -0.3 is 9.64 Å². The van der Waals surface area contributed by atoms with E-state index in [4.69, 9.17) is 9.84 Å². The van der Waals surface area contributed by atoms with Crippen molar-refractivity contribution < 1.29 is 9.53 Å². The molecule has 5 heteroatoms. The molecule has 0 unspecified atom stereocenters. The molecule has 126 valence electrons. The second-order valence-corrected chi connectivity index (χ2v) is 6.53. The third kappa shape index (κ3) is 2.63. The minimum atomic E-state index is 0.0598. The summed E-state index contributed by atoms with van der Waals surface area (Å²) in [5.41, 5.74) is 4.01. The Morgan fingerprint density at radius 2 is 2.12 bits per heavy atom. The Hall–Kier alpha value is -2.14. The second kappa shape index (κ2) is 6.40. The predicted molar refractivity (Wildman–Crippen MR) is 91.5 cm³/mol. The van der Waals surface area contributed by atoms with E-state index in [2.05, 4.69) is 6.92 Å². The highest BCUT2D eigenvalue weighted by molar-refractivity contribution is 5.94. The SMILES string of the molecule is CC[C@@H]1CN(C(=O)c2nn(-c3ccccc3)c3c2CCC3)CCO1. The number of fused-ring (bicyclic) bond motifs is 1. The summed E-state index contributed by atoms with van der Waals surface area (Å²) in [6.45, 7) is 4.04. The van der Waals surface area contributed by atoms with Crippen molar-refractivity contribution in [2.75, 3.05) is 19.7 Å². The molecule has 0 N–H and O–H groups in total. The zero-order valence-electron chi connectivity index (χ0n) is 14.1. The fourth-order valence-corrected chi connectivity index (χ4v) is 3.69. The zero-order chi connectivity index (χ0) is 16.5. The Kier molecular flexibility index (Phi) is 4.10. The van der Waals surface area contributed by atoms with Crippen LogP contribution in [0.4, 0.5) is 0 Å². The van der Waals surface area contributed by atoms with Gasteiger partial charge in [-0.05, 0) is 37.8 Å². The van der Waals surface area contributed by atoms with E-state index >= 15 is 0 Å². The second-order valence-electron chi connectivity index (χ2n) is 6.53. The lowest BCUT2D eigenvalue weighted by molar-refractivity contribution is -0.0228. The number of rotatable bonds is 3. The summed E-state index contributed by atoms with van der Waals surface area (Å²) < 4.78 is 7.66. The van der Waals surface area contributed by atoms with Crippen molar-refractivity contribution >= 4 is 5.91 Å². The van der Waals surface area contributed by atoms with Crippen molar-refractivity contribution in [3.05, 3.63) is 47.3 Å². The molecule has 24 heavy (non-hydrogen) atoms. The van der Waals surface area contributed by atoms with Crippen LogP contribution in [-0.4, -0.2) is 46.4 Å². The van der Waals surface area contributed by atoms with Gasteiger partial charge in [-0.2, -0.15) is 5.10 Å². The van der Waals surface area contributed by atoms with E-state index < -0.39 is 0 Å². The number of carbonyl (C=O) groups excluding carboxylic acids is 1. The Morgan fingerprint density at radius 3 is 2.92 bits per heavy atom. The van der Waals surface area contributed by atoms with Gasteiger partial charge >= 0.3 is 0 Å². The molecule has 1 aromatic heterocycles. The van der Waals surface area contributed by atoms with Gasteiger partial charge in [-0.3, -0.25) is 4.79 Å². The van der Waals surface area contributed by atoms with Crippen LogP contribution in [0, 0.1) is 0 Å². The average Bonchev–Trinajstić information content (AvgIpc) is 3.24. The van der Waals surface area contributed by atoms with Gasteiger partial charge in [-0.15, -0.1) is 0 Å². The number of amides is 1. The number of hydrogen-bond donors (Lipinski definition) is 0. The summed E-state index contributed by atoms with van der Waals surface area (Å²) in [5, 5.41) is 4.71. The van der Waals surface area contributed by atoms with Crippen LogP contribution in [0.3, 0.4) is 0 Å². The highest BCUT2D eigenvalue weighted by Crippen LogP contribution is 2.29. The third-order valence-electron chi connectivity index (χ3n) is 5.01. The van der Waals surface area contributed by atoms with Gasteiger partial charge in [0, 0.05) is 24.3 Å². The lowest BCUT2D eigenvalue weighted by Gasteiger charge is -2.32. The molecule has 0 bridgehead atoms. The average molecular weight is 325 g/mol. The van der Waals surface area contributed by atoms with Gasteiger partial charge in [0.15, 0.2) is 5.69 Å². The number of hydrogen-bond acceptors (Lipinski definition) is 3. The maximum Gasteiger partial charge on any atom is 0.274 e. The number of para-hydroxylation sites is 1. The molecule has 1 amide bonds. The molecule has 1 aromatic carbocycles. The van der Waals surface area contributed by atoms with E-state index in [1.165, 1.54) is 5.69 Å². The van der Waals surface area contributed by atoms with Gasteiger partial charge in [0.1, 0.15) is 0 Å². The van der Waals surface area contributed by atoms with Gasteiger partial charge in [0.25, 0.3) is 5.91 Å².